The van der Waals surface area contributed by atoms with E-state index in [0.29, 0.717) is 18.4 Å². The SMILES string of the molecule is COc1cccc2c1OCC(CN1C[C@@H]3CN(C(C)=O)[C@@H](c4ccccc4)[C@@H]3C1)=C2. The molecule has 2 fully saturated rings. The number of ether oxygens (including phenoxy) is 2. The average molecular weight is 405 g/mol. The Bertz CT molecular complexity index is 972. The predicted molar refractivity (Wildman–Crippen MR) is 116 cm³/mol. The van der Waals surface area contributed by atoms with E-state index in [-0.39, 0.29) is 11.9 Å². The molecule has 3 atom stereocenters. The van der Waals surface area contributed by atoms with Gasteiger partial charge in [-0.05, 0) is 29.2 Å². The van der Waals surface area contributed by atoms with Crippen molar-refractivity contribution in [3.8, 4) is 11.5 Å². The molecule has 0 bridgehead atoms. The van der Waals surface area contributed by atoms with Gasteiger partial charge in [0.15, 0.2) is 11.5 Å². The van der Waals surface area contributed by atoms with Crippen molar-refractivity contribution in [1.29, 1.82) is 0 Å². The quantitative estimate of drug-likeness (QED) is 0.781. The van der Waals surface area contributed by atoms with E-state index in [2.05, 4.69) is 46.2 Å². The van der Waals surface area contributed by atoms with Crippen molar-refractivity contribution in [3.05, 3.63) is 65.2 Å². The summed E-state index contributed by atoms with van der Waals surface area (Å²) in [6.45, 7) is 6.10. The maximum Gasteiger partial charge on any atom is 0.219 e. The Morgan fingerprint density at radius 2 is 1.93 bits per heavy atom. The summed E-state index contributed by atoms with van der Waals surface area (Å²) >= 11 is 0. The number of hydrogen-bond acceptors (Lipinski definition) is 4. The van der Waals surface area contributed by atoms with Crippen LogP contribution in [0.4, 0.5) is 0 Å². The summed E-state index contributed by atoms with van der Waals surface area (Å²) < 4.78 is 11.4. The molecule has 1 amide bonds. The van der Waals surface area contributed by atoms with Crippen LogP contribution in [0.3, 0.4) is 0 Å². The Morgan fingerprint density at radius 1 is 1.10 bits per heavy atom. The van der Waals surface area contributed by atoms with Gasteiger partial charge in [0, 0.05) is 44.6 Å². The maximum atomic E-state index is 12.3. The van der Waals surface area contributed by atoms with E-state index >= 15 is 0 Å². The second-order valence-corrected chi connectivity index (χ2v) is 8.61. The molecule has 0 aliphatic carbocycles. The van der Waals surface area contributed by atoms with E-state index in [4.69, 9.17) is 9.47 Å². The Hall–Kier alpha value is -2.79. The zero-order chi connectivity index (χ0) is 20.7. The van der Waals surface area contributed by atoms with Crippen LogP contribution in [-0.2, 0) is 4.79 Å². The van der Waals surface area contributed by atoms with Gasteiger partial charge >= 0.3 is 0 Å². The number of hydrogen-bond donors (Lipinski definition) is 0. The molecule has 3 aliphatic rings. The predicted octanol–water partition coefficient (Wildman–Crippen LogP) is 3.62. The minimum Gasteiger partial charge on any atom is -0.493 e. The van der Waals surface area contributed by atoms with Gasteiger partial charge in [0.1, 0.15) is 6.61 Å². The van der Waals surface area contributed by atoms with E-state index in [9.17, 15) is 4.79 Å². The molecule has 5 rings (SSSR count). The minimum atomic E-state index is 0.179. The highest BCUT2D eigenvalue weighted by Gasteiger charge is 2.48. The molecule has 0 saturated carbocycles. The number of likely N-dealkylation sites (tertiary alicyclic amines) is 2. The molecular formula is C25H28N2O3. The van der Waals surface area contributed by atoms with E-state index < -0.39 is 0 Å². The molecule has 0 unspecified atom stereocenters. The van der Waals surface area contributed by atoms with Gasteiger partial charge in [-0.3, -0.25) is 9.69 Å². The first-order valence-corrected chi connectivity index (χ1v) is 10.7. The molecule has 0 N–H and O–H groups in total. The van der Waals surface area contributed by atoms with Crippen LogP contribution in [0.15, 0.2) is 54.1 Å². The van der Waals surface area contributed by atoms with Crippen molar-refractivity contribution in [2.75, 3.05) is 39.9 Å². The Balaban J connectivity index is 1.33. The lowest BCUT2D eigenvalue weighted by molar-refractivity contribution is -0.130. The number of nitrogens with zero attached hydrogens (tertiary/aromatic N) is 2. The standard InChI is InChI=1S/C25H28N2O3/c1-17(28)27-14-21-13-26(15-22(21)24(27)19-7-4-3-5-8-19)12-18-11-20-9-6-10-23(29-2)25(20)30-16-18/h3-11,21-22,24H,12-16H2,1-2H3/t21-,22-,24+/m1/s1. The van der Waals surface area contributed by atoms with Gasteiger partial charge in [-0.25, -0.2) is 0 Å². The number of amides is 1. The summed E-state index contributed by atoms with van der Waals surface area (Å²) in [4.78, 5) is 16.9. The number of rotatable bonds is 4. The molecule has 0 radical (unpaired) electrons. The number of carbonyl (C=O) groups is 1. The molecular weight excluding hydrogens is 376 g/mol. The summed E-state index contributed by atoms with van der Waals surface area (Å²) in [6, 6.07) is 16.7. The van der Waals surface area contributed by atoms with Crippen LogP contribution >= 0.6 is 0 Å². The highest BCUT2D eigenvalue weighted by molar-refractivity contribution is 5.74. The summed E-state index contributed by atoms with van der Waals surface area (Å²) in [6.07, 6.45) is 2.24. The second kappa shape index (κ2) is 7.80. The number of para-hydroxylation sites is 1. The topological polar surface area (TPSA) is 42.0 Å². The number of benzene rings is 2. The summed E-state index contributed by atoms with van der Waals surface area (Å²) in [5, 5.41) is 0. The molecule has 0 spiro atoms. The van der Waals surface area contributed by atoms with Crippen LogP contribution in [0.2, 0.25) is 0 Å². The Labute approximate surface area is 177 Å². The van der Waals surface area contributed by atoms with Crippen molar-refractivity contribution in [1.82, 2.24) is 9.80 Å². The molecule has 30 heavy (non-hydrogen) atoms. The van der Waals surface area contributed by atoms with Gasteiger partial charge in [0.2, 0.25) is 5.91 Å². The first-order valence-electron chi connectivity index (χ1n) is 10.7. The highest BCUT2D eigenvalue weighted by Crippen LogP contribution is 2.45. The molecule has 0 aromatic heterocycles. The monoisotopic (exact) mass is 404 g/mol. The normalized spacial score (nSPS) is 25.3. The molecule has 5 nitrogen and oxygen atoms in total. The molecule has 156 valence electrons. The third kappa shape index (κ3) is 3.37. The number of fused-ring (bicyclic) bond motifs is 2. The van der Waals surface area contributed by atoms with Crippen molar-refractivity contribution in [2.45, 2.75) is 13.0 Å². The zero-order valence-electron chi connectivity index (χ0n) is 17.6. The fraction of sp³-hybridized carbons (Fsp3) is 0.400. The third-order valence-corrected chi connectivity index (χ3v) is 6.70. The van der Waals surface area contributed by atoms with E-state index in [1.54, 1.807) is 14.0 Å². The van der Waals surface area contributed by atoms with Gasteiger partial charge in [0.05, 0.1) is 13.2 Å². The van der Waals surface area contributed by atoms with Crippen LogP contribution in [0, 0.1) is 11.8 Å². The maximum absolute atomic E-state index is 12.3. The van der Waals surface area contributed by atoms with E-state index in [0.717, 1.165) is 43.2 Å². The lowest BCUT2D eigenvalue weighted by Crippen LogP contribution is -2.35. The smallest absolute Gasteiger partial charge is 0.219 e. The summed E-state index contributed by atoms with van der Waals surface area (Å²) in [5.74, 6) is 2.81. The van der Waals surface area contributed by atoms with Crippen LogP contribution in [0.25, 0.3) is 6.08 Å². The van der Waals surface area contributed by atoms with Crippen LogP contribution in [-0.4, -0.2) is 55.6 Å². The summed E-state index contributed by atoms with van der Waals surface area (Å²) in [5.41, 5.74) is 3.62. The third-order valence-electron chi connectivity index (χ3n) is 6.70. The Kier molecular flexibility index (Phi) is 4.99. The molecule has 3 heterocycles. The number of methoxy groups -OCH3 is 1. The van der Waals surface area contributed by atoms with Gasteiger partial charge in [-0.15, -0.1) is 0 Å². The zero-order valence-corrected chi connectivity index (χ0v) is 17.6. The van der Waals surface area contributed by atoms with Gasteiger partial charge in [-0.1, -0.05) is 42.5 Å². The molecule has 2 saturated heterocycles. The largest absolute Gasteiger partial charge is 0.493 e. The van der Waals surface area contributed by atoms with Crippen molar-refractivity contribution >= 4 is 12.0 Å². The van der Waals surface area contributed by atoms with Crippen LogP contribution in [0.1, 0.15) is 24.1 Å². The first kappa shape index (κ1) is 19.2. The first-order chi connectivity index (χ1) is 14.6. The van der Waals surface area contributed by atoms with E-state index in [1.165, 1.54) is 11.1 Å². The van der Waals surface area contributed by atoms with E-state index in [1.807, 2.05) is 18.2 Å². The Morgan fingerprint density at radius 3 is 2.70 bits per heavy atom. The molecule has 2 aromatic rings. The van der Waals surface area contributed by atoms with Crippen LogP contribution in [0.5, 0.6) is 11.5 Å². The van der Waals surface area contributed by atoms with Gasteiger partial charge in [-0.2, -0.15) is 0 Å². The van der Waals surface area contributed by atoms with Gasteiger partial charge < -0.3 is 14.4 Å². The fourth-order valence-corrected chi connectivity index (χ4v) is 5.43. The second-order valence-electron chi connectivity index (χ2n) is 8.61. The summed E-state index contributed by atoms with van der Waals surface area (Å²) in [7, 11) is 1.68. The lowest BCUT2D eigenvalue weighted by Gasteiger charge is -2.30. The minimum absolute atomic E-state index is 0.179. The highest BCUT2D eigenvalue weighted by atomic mass is 16.5. The average Bonchev–Trinajstić information content (AvgIpc) is 3.31. The molecule has 3 aliphatic heterocycles. The van der Waals surface area contributed by atoms with Crippen molar-refractivity contribution < 1.29 is 14.3 Å². The van der Waals surface area contributed by atoms with Gasteiger partial charge in [0.25, 0.3) is 0 Å². The lowest BCUT2D eigenvalue weighted by atomic mass is 9.89. The fourth-order valence-electron chi connectivity index (χ4n) is 5.43. The van der Waals surface area contributed by atoms with Crippen LogP contribution < -0.4 is 9.47 Å². The number of carbonyl (C=O) groups excluding carboxylic acids is 1. The van der Waals surface area contributed by atoms with Crippen molar-refractivity contribution in [2.24, 2.45) is 11.8 Å². The van der Waals surface area contributed by atoms with Crippen molar-refractivity contribution in [3.63, 3.8) is 0 Å². The molecule has 2 aromatic carbocycles. The molecule has 5 heteroatoms.